The first-order chi connectivity index (χ1) is 6.77. The first-order valence-electron chi connectivity index (χ1n) is 4.21. The number of ether oxygens (including phenoxy) is 1. The number of aromatic carboxylic acids is 1. The number of nitrogens with zero attached hydrogens (tertiary/aromatic N) is 1. The average Bonchev–Trinajstić information content (AvgIpc) is 2.68. The van der Waals surface area contributed by atoms with Gasteiger partial charge in [0.05, 0.1) is 24.1 Å². The topological polar surface area (TPSA) is 62.2 Å². The molecule has 0 unspecified atom stereocenters. The van der Waals surface area contributed by atoms with Crippen molar-refractivity contribution in [3.05, 3.63) is 22.2 Å². The van der Waals surface area contributed by atoms with E-state index in [4.69, 9.17) is 4.74 Å². The van der Waals surface area contributed by atoms with Crippen LogP contribution in [0.25, 0.3) is 5.57 Å². The van der Waals surface area contributed by atoms with Crippen molar-refractivity contribution in [2.24, 2.45) is 0 Å². The summed E-state index contributed by atoms with van der Waals surface area (Å²) in [5.74, 6) is -1.17. The molecule has 0 bridgehead atoms. The smallest absolute Gasteiger partial charge is 0.544 e. The molecule has 0 aromatic carbocycles. The molecule has 6 heteroatoms. The normalized spacial score (nSPS) is 15.3. The molecule has 0 spiro atoms. The van der Waals surface area contributed by atoms with Crippen LogP contribution in [0.5, 0.6) is 0 Å². The fourth-order valence-electron chi connectivity index (χ4n) is 1.24. The van der Waals surface area contributed by atoms with Gasteiger partial charge in [0.25, 0.3) is 0 Å². The molecule has 4 nitrogen and oxygen atoms in total. The number of carbonyl (C=O) groups is 1. The quantitative estimate of drug-likeness (QED) is 0.506. The van der Waals surface area contributed by atoms with Gasteiger partial charge >= 0.3 is 18.9 Å². The van der Waals surface area contributed by atoms with Crippen molar-refractivity contribution in [1.82, 2.24) is 4.98 Å². The molecule has 2 rings (SSSR count). The molecule has 0 saturated carbocycles. The summed E-state index contributed by atoms with van der Waals surface area (Å²) in [5.41, 5.74) is 1.06. The van der Waals surface area contributed by atoms with Gasteiger partial charge in [-0.25, -0.2) is 4.98 Å². The molecule has 1 aromatic heterocycles. The van der Waals surface area contributed by atoms with E-state index < -0.39 is 5.97 Å². The van der Waals surface area contributed by atoms with Gasteiger partial charge in [-0.3, -0.25) is 0 Å². The largest absolute Gasteiger partial charge is 1.00 e. The van der Waals surface area contributed by atoms with Gasteiger partial charge in [-0.05, 0) is 12.0 Å². The predicted molar refractivity (Wildman–Crippen MR) is 49.9 cm³/mol. The van der Waals surface area contributed by atoms with Crippen LogP contribution in [0.3, 0.4) is 0 Å². The summed E-state index contributed by atoms with van der Waals surface area (Å²) in [6.45, 7) is 1.25. The van der Waals surface area contributed by atoms with E-state index in [-0.39, 0.29) is 23.7 Å². The summed E-state index contributed by atoms with van der Waals surface area (Å²) in [6, 6.07) is 0. The maximum absolute atomic E-state index is 10.5. The van der Waals surface area contributed by atoms with Crippen LogP contribution in [-0.4, -0.2) is 24.2 Å². The molecule has 2 heterocycles. The van der Waals surface area contributed by atoms with Crippen molar-refractivity contribution in [3.63, 3.8) is 0 Å². The third-order valence-electron chi connectivity index (χ3n) is 1.94. The summed E-state index contributed by atoms with van der Waals surface area (Å²) < 4.78 is 5.15. The first-order valence-corrected chi connectivity index (χ1v) is 5.03. The van der Waals surface area contributed by atoms with Crippen LogP contribution in [0.4, 0.5) is 0 Å². The number of hydrogen-bond donors (Lipinski definition) is 0. The molecular weight excluding hydrogens is 209 g/mol. The third-order valence-corrected chi connectivity index (χ3v) is 3.00. The Balaban J connectivity index is 0.00000112. The van der Waals surface area contributed by atoms with E-state index in [1.165, 1.54) is 6.20 Å². The molecular formula is C9H8LiNO3S. The van der Waals surface area contributed by atoms with Crippen LogP contribution >= 0.6 is 11.3 Å². The van der Waals surface area contributed by atoms with Gasteiger partial charge in [-0.2, -0.15) is 0 Å². The number of carboxylic acids is 1. The van der Waals surface area contributed by atoms with Gasteiger partial charge < -0.3 is 14.6 Å². The number of thiazole rings is 1. The van der Waals surface area contributed by atoms with Crippen molar-refractivity contribution in [1.29, 1.82) is 0 Å². The van der Waals surface area contributed by atoms with Crippen molar-refractivity contribution in [2.75, 3.05) is 13.2 Å². The SMILES string of the molecule is O=C([O-])c1cnc(C2=CCOCC2)s1.[Li+]. The predicted octanol–water partition coefficient (Wildman–Crippen LogP) is -2.69. The van der Waals surface area contributed by atoms with E-state index in [9.17, 15) is 9.90 Å². The molecule has 1 aliphatic heterocycles. The van der Waals surface area contributed by atoms with E-state index in [2.05, 4.69) is 4.98 Å². The Labute approximate surface area is 103 Å². The molecule has 0 saturated heterocycles. The zero-order valence-electron chi connectivity index (χ0n) is 8.36. The molecule has 0 N–H and O–H groups in total. The van der Waals surface area contributed by atoms with Crippen molar-refractivity contribution < 1.29 is 33.5 Å². The summed E-state index contributed by atoms with van der Waals surface area (Å²) in [4.78, 5) is 14.7. The van der Waals surface area contributed by atoms with Crippen LogP contribution in [0.1, 0.15) is 21.1 Å². The minimum Gasteiger partial charge on any atom is -0.544 e. The molecule has 0 radical (unpaired) electrons. The van der Waals surface area contributed by atoms with E-state index in [1.54, 1.807) is 0 Å². The Morgan fingerprint density at radius 2 is 2.40 bits per heavy atom. The monoisotopic (exact) mass is 217 g/mol. The summed E-state index contributed by atoms with van der Waals surface area (Å²) in [5, 5.41) is 11.3. The average molecular weight is 217 g/mol. The number of carbonyl (C=O) groups excluding carboxylic acids is 1. The maximum atomic E-state index is 10.5. The molecule has 74 valence electrons. The number of carboxylic acid groups (broad SMARTS) is 1. The second-order valence-corrected chi connectivity index (χ2v) is 3.90. The van der Waals surface area contributed by atoms with Gasteiger partial charge in [0, 0.05) is 6.20 Å². The van der Waals surface area contributed by atoms with E-state index >= 15 is 0 Å². The number of hydrogen-bond acceptors (Lipinski definition) is 5. The van der Waals surface area contributed by atoms with Gasteiger partial charge in [0.1, 0.15) is 5.01 Å². The Morgan fingerprint density at radius 1 is 1.60 bits per heavy atom. The maximum Gasteiger partial charge on any atom is 1.00 e. The fourth-order valence-corrected chi connectivity index (χ4v) is 2.06. The van der Waals surface area contributed by atoms with Crippen LogP contribution in [0.2, 0.25) is 0 Å². The fraction of sp³-hybridized carbons (Fsp3) is 0.333. The second kappa shape index (κ2) is 5.47. The Hall–Kier alpha value is -0.603. The van der Waals surface area contributed by atoms with Gasteiger partial charge in [-0.1, -0.05) is 6.08 Å². The van der Waals surface area contributed by atoms with Crippen molar-refractivity contribution in [3.8, 4) is 0 Å². The Kier molecular flexibility index (Phi) is 4.55. The van der Waals surface area contributed by atoms with Crippen LogP contribution in [-0.2, 0) is 4.74 Å². The standard InChI is InChI=1S/C9H9NO3S.Li/c11-9(12)7-5-10-8(14-7)6-1-3-13-4-2-6;/h1,5H,2-4H2,(H,11,12);/q;+1/p-1. The molecule has 15 heavy (non-hydrogen) atoms. The van der Waals surface area contributed by atoms with Gasteiger partial charge in [-0.15, -0.1) is 11.3 Å². The minimum absolute atomic E-state index is 0. The van der Waals surface area contributed by atoms with E-state index in [1.807, 2.05) is 6.08 Å². The van der Waals surface area contributed by atoms with Crippen LogP contribution in [0.15, 0.2) is 12.3 Å². The number of aromatic nitrogens is 1. The van der Waals surface area contributed by atoms with Gasteiger partial charge in [0.2, 0.25) is 0 Å². The second-order valence-electron chi connectivity index (χ2n) is 2.87. The van der Waals surface area contributed by atoms with Crippen LogP contribution in [0, 0.1) is 0 Å². The molecule has 0 aliphatic carbocycles. The van der Waals surface area contributed by atoms with Crippen molar-refractivity contribution >= 4 is 22.9 Å². The third kappa shape index (κ3) is 2.92. The number of rotatable bonds is 2. The summed E-state index contributed by atoms with van der Waals surface area (Å²) in [6.07, 6.45) is 4.06. The first kappa shape index (κ1) is 12.5. The summed E-state index contributed by atoms with van der Waals surface area (Å²) >= 11 is 1.15. The minimum atomic E-state index is -1.17. The Bertz CT molecular complexity index is 388. The zero-order chi connectivity index (χ0) is 9.97. The Morgan fingerprint density at radius 3 is 2.93 bits per heavy atom. The molecule has 1 aliphatic rings. The zero-order valence-corrected chi connectivity index (χ0v) is 9.17. The molecule has 0 atom stereocenters. The molecule has 1 aromatic rings. The van der Waals surface area contributed by atoms with Gasteiger partial charge in [0.15, 0.2) is 0 Å². The van der Waals surface area contributed by atoms with E-state index in [0.717, 1.165) is 28.3 Å². The van der Waals surface area contributed by atoms with Crippen LogP contribution < -0.4 is 24.0 Å². The molecule has 0 fully saturated rings. The summed E-state index contributed by atoms with van der Waals surface area (Å²) in [7, 11) is 0. The van der Waals surface area contributed by atoms with Crippen molar-refractivity contribution in [2.45, 2.75) is 6.42 Å². The van der Waals surface area contributed by atoms with E-state index in [0.29, 0.717) is 13.2 Å². The molecule has 0 amide bonds.